The van der Waals surface area contributed by atoms with Gasteiger partial charge < -0.3 is 0 Å². The Bertz CT molecular complexity index is 2230. The second kappa shape index (κ2) is 18.2. The SMILES string of the molecule is Cc1cc(C)cc(P(c2cc(C)cc(C)c2)[C@H](C)C2=[C][C-]=C=C2P(c2cc(C(F)(F)F)cc(C(F)(F)F)c2)c2cc(C(F)(F)F)cc(C(F)(F)F)c2)c1.[C]1=C=C=C=[C-]1.[Fe+2]. The van der Waals surface area contributed by atoms with Crippen molar-refractivity contribution in [1.82, 2.24) is 0 Å². The zero-order chi connectivity index (χ0) is 43.0. The van der Waals surface area contributed by atoms with Crippen molar-refractivity contribution in [3.63, 3.8) is 0 Å². The van der Waals surface area contributed by atoms with E-state index in [2.05, 4.69) is 47.2 Å². The number of aryl methyl sites for hydroxylation is 4. The topological polar surface area (TPSA) is 0 Å². The van der Waals surface area contributed by atoms with Gasteiger partial charge in [-0.15, -0.1) is 23.5 Å². The summed E-state index contributed by atoms with van der Waals surface area (Å²) in [5.41, 5.74) is 6.06. The fraction of sp³-hybridized carbons (Fsp3) is 0.227. The number of allylic oxidation sites excluding steroid dienone is 5. The van der Waals surface area contributed by atoms with Crippen molar-refractivity contribution < 1.29 is 69.8 Å². The van der Waals surface area contributed by atoms with Gasteiger partial charge in [-0.25, -0.2) is 5.73 Å². The molecule has 2 aliphatic rings. The molecule has 0 saturated carbocycles. The minimum absolute atomic E-state index is 0. The van der Waals surface area contributed by atoms with Crippen molar-refractivity contribution in [2.75, 3.05) is 0 Å². The van der Waals surface area contributed by atoms with Gasteiger partial charge in [-0.3, -0.25) is 17.2 Å². The molecular formula is C44H28F12FeP2. The molecule has 0 saturated heterocycles. The standard InChI is InChI=1S/C39H28F12P2.C5.Fe/c1-21-9-22(2)12-30(11-21)52(31-13-23(3)10-24(4)14-31)25(5)34-7-6-8-35(34)53(32-17-26(36(40,41)42)15-27(18-32)37(43,44)45)33-19-28(38(46,47)48)16-29(20-33)39(49,50)51;1-2-4-5-3-1;/h9-20,25H,1-5H3;;/q2*-1;+2/t25-;;/m1../s1. The van der Waals surface area contributed by atoms with Crippen molar-refractivity contribution in [3.05, 3.63) is 175 Å². The largest absolute Gasteiger partial charge is 2.00 e. The van der Waals surface area contributed by atoms with Crippen LogP contribution in [-0.4, -0.2) is 5.66 Å². The van der Waals surface area contributed by atoms with Crippen LogP contribution in [0.4, 0.5) is 52.7 Å². The Hall–Kier alpha value is -4.24. The normalized spacial score (nSPS) is 14.1. The number of hydrogen-bond donors (Lipinski definition) is 0. The molecule has 0 fully saturated rings. The number of halogens is 12. The van der Waals surface area contributed by atoms with E-state index in [9.17, 15) is 52.7 Å². The van der Waals surface area contributed by atoms with Crippen LogP contribution in [-0.2, 0) is 41.8 Å². The van der Waals surface area contributed by atoms with Gasteiger partial charge in [-0.2, -0.15) is 64.3 Å². The summed E-state index contributed by atoms with van der Waals surface area (Å²) in [6.45, 7) is 9.21. The Morgan fingerprint density at radius 2 is 0.864 bits per heavy atom. The molecule has 0 amide bonds. The van der Waals surface area contributed by atoms with Crippen LogP contribution in [0.5, 0.6) is 0 Å². The van der Waals surface area contributed by atoms with Crippen LogP contribution < -0.4 is 21.2 Å². The second-order valence-corrected chi connectivity index (χ2v) is 18.1. The molecular weight excluding hydrogens is 874 g/mol. The van der Waals surface area contributed by atoms with Crippen LogP contribution in [0, 0.1) is 52.0 Å². The summed E-state index contributed by atoms with van der Waals surface area (Å²) in [4.78, 5) is 0. The zero-order valence-corrected chi connectivity index (χ0v) is 34.2. The maximum atomic E-state index is 14.1. The Kier molecular flexibility index (Phi) is 14.6. The summed E-state index contributed by atoms with van der Waals surface area (Å²) in [6.07, 6.45) is -11.0. The Morgan fingerprint density at radius 3 is 1.15 bits per heavy atom. The van der Waals surface area contributed by atoms with Gasteiger partial charge in [-0.05, 0) is 98.9 Å². The van der Waals surface area contributed by atoms with Gasteiger partial charge in [-0.1, -0.05) is 73.5 Å². The van der Waals surface area contributed by atoms with Crippen LogP contribution >= 0.6 is 15.8 Å². The maximum absolute atomic E-state index is 14.1. The van der Waals surface area contributed by atoms with E-state index in [1.165, 1.54) is 0 Å². The molecule has 4 aromatic carbocycles. The fourth-order valence-corrected chi connectivity index (χ4v) is 12.0. The summed E-state index contributed by atoms with van der Waals surface area (Å²) in [6, 6.07) is 12.6. The predicted molar refractivity (Wildman–Crippen MR) is 201 cm³/mol. The molecule has 0 unspecified atom stereocenters. The number of rotatable bonds is 7. The van der Waals surface area contributed by atoms with Crippen LogP contribution in [0.15, 0.2) is 107 Å². The third-order valence-electron chi connectivity index (χ3n) is 8.60. The van der Waals surface area contributed by atoms with Crippen molar-refractivity contribution in [2.24, 2.45) is 0 Å². The van der Waals surface area contributed by atoms with E-state index in [1.807, 2.05) is 64.1 Å². The molecule has 2 radical (unpaired) electrons. The average molecular weight is 902 g/mol. The second-order valence-electron chi connectivity index (χ2n) is 13.4. The van der Waals surface area contributed by atoms with E-state index in [-0.39, 0.29) is 40.1 Å². The van der Waals surface area contributed by atoms with Crippen molar-refractivity contribution >= 4 is 37.1 Å². The van der Waals surface area contributed by atoms with Gasteiger partial charge >= 0.3 is 41.8 Å². The van der Waals surface area contributed by atoms with Gasteiger partial charge in [0.25, 0.3) is 0 Å². The smallest absolute Gasteiger partial charge is 0.288 e. The van der Waals surface area contributed by atoms with Crippen LogP contribution in [0.2, 0.25) is 0 Å². The summed E-state index contributed by atoms with van der Waals surface area (Å²) < 4.78 is 170. The fourth-order valence-electron chi connectivity index (χ4n) is 6.37. The molecule has 4 aromatic rings. The van der Waals surface area contributed by atoms with E-state index < -0.39 is 79.1 Å². The molecule has 306 valence electrons. The van der Waals surface area contributed by atoms with Crippen LogP contribution in [0.3, 0.4) is 0 Å². The first-order valence-corrected chi connectivity index (χ1v) is 19.7. The molecule has 0 nitrogen and oxygen atoms in total. The monoisotopic (exact) mass is 902 g/mol. The molecule has 59 heavy (non-hydrogen) atoms. The minimum atomic E-state index is -5.35. The average Bonchev–Trinajstić information content (AvgIpc) is 3.83. The molecule has 15 heteroatoms. The third-order valence-corrected chi connectivity index (χ3v) is 13.6. The molecule has 0 heterocycles. The van der Waals surface area contributed by atoms with Gasteiger partial charge in [0.05, 0.1) is 22.3 Å². The first kappa shape index (κ1) is 47.4. The third kappa shape index (κ3) is 11.7. The summed E-state index contributed by atoms with van der Waals surface area (Å²) in [7, 11) is -4.50. The van der Waals surface area contributed by atoms with Crippen LogP contribution in [0.1, 0.15) is 51.4 Å². The Morgan fingerprint density at radius 1 is 0.492 bits per heavy atom. The van der Waals surface area contributed by atoms with E-state index in [0.29, 0.717) is 24.3 Å². The van der Waals surface area contributed by atoms with E-state index in [4.69, 9.17) is 0 Å². The molecule has 1 atom stereocenters. The summed E-state index contributed by atoms with van der Waals surface area (Å²) in [5.74, 6) is 0. The number of hydrogen-bond acceptors (Lipinski definition) is 0. The van der Waals surface area contributed by atoms with E-state index in [1.54, 1.807) is 6.92 Å². The number of alkyl halides is 12. The molecule has 6 rings (SSSR count). The van der Waals surface area contributed by atoms with Crippen molar-refractivity contribution in [2.45, 2.75) is 65.0 Å². The predicted octanol–water partition coefficient (Wildman–Crippen LogP) is 12.2. The first-order valence-electron chi connectivity index (χ1n) is 16.9. The Balaban J connectivity index is 0.00000119. The Labute approximate surface area is 346 Å². The zero-order valence-electron chi connectivity index (χ0n) is 31.3. The van der Waals surface area contributed by atoms with Crippen LogP contribution in [0.25, 0.3) is 0 Å². The van der Waals surface area contributed by atoms with Crippen molar-refractivity contribution in [3.8, 4) is 0 Å². The maximum Gasteiger partial charge on any atom is 2.00 e. The van der Waals surface area contributed by atoms with E-state index in [0.717, 1.165) is 32.9 Å². The molecule has 0 aromatic heterocycles. The van der Waals surface area contributed by atoms with Gasteiger partial charge in [0.1, 0.15) is 0 Å². The summed E-state index contributed by atoms with van der Waals surface area (Å²) >= 11 is 0. The van der Waals surface area contributed by atoms with Gasteiger partial charge in [0.15, 0.2) is 0 Å². The quantitative estimate of drug-likeness (QED) is 0.0570. The number of benzene rings is 4. The van der Waals surface area contributed by atoms with Gasteiger partial charge in [0.2, 0.25) is 0 Å². The molecule has 2 aliphatic carbocycles. The molecule has 0 spiro atoms. The van der Waals surface area contributed by atoms with E-state index >= 15 is 0 Å². The molecule has 0 bridgehead atoms. The molecule has 0 N–H and O–H groups in total. The molecule has 0 aliphatic heterocycles. The summed E-state index contributed by atoms with van der Waals surface area (Å²) in [5, 5.41) is -0.106. The van der Waals surface area contributed by atoms with Gasteiger partial charge in [0, 0.05) is 0 Å². The van der Waals surface area contributed by atoms with Crippen molar-refractivity contribution in [1.29, 1.82) is 0 Å². The minimum Gasteiger partial charge on any atom is -0.288 e. The first-order chi connectivity index (χ1) is 26.8.